The van der Waals surface area contributed by atoms with Gasteiger partial charge in [-0.15, -0.1) is 0 Å². The van der Waals surface area contributed by atoms with Crippen LogP contribution in [0.2, 0.25) is 0 Å². The zero-order chi connectivity index (χ0) is 12.4. The second kappa shape index (κ2) is 5.19. The normalized spacial score (nSPS) is 23.8. The van der Waals surface area contributed by atoms with Crippen LogP contribution >= 0.6 is 0 Å². The highest BCUT2D eigenvalue weighted by atomic mass is 15.1. The predicted molar refractivity (Wildman–Crippen MR) is 72.9 cm³/mol. The highest BCUT2D eigenvalue weighted by Gasteiger charge is 2.26. The van der Waals surface area contributed by atoms with Crippen molar-refractivity contribution in [3.8, 4) is 0 Å². The molecule has 2 rings (SSSR count). The Balaban J connectivity index is 1.91. The van der Waals surface area contributed by atoms with E-state index in [2.05, 4.69) is 44.0 Å². The van der Waals surface area contributed by atoms with Crippen LogP contribution in [0, 0.1) is 19.8 Å². The molecule has 0 unspecified atom stereocenters. The van der Waals surface area contributed by atoms with Crippen molar-refractivity contribution >= 4 is 0 Å². The summed E-state index contributed by atoms with van der Waals surface area (Å²) in [6, 6.07) is 7.01. The molecule has 2 N–H and O–H groups in total. The van der Waals surface area contributed by atoms with Crippen molar-refractivity contribution in [2.75, 3.05) is 13.6 Å². The van der Waals surface area contributed by atoms with Crippen LogP contribution in [-0.4, -0.2) is 24.5 Å². The molecule has 1 aliphatic carbocycles. The van der Waals surface area contributed by atoms with Crippen LogP contribution in [0.3, 0.4) is 0 Å². The van der Waals surface area contributed by atoms with Gasteiger partial charge in [0.25, 0.3) is 0 Å². The quantitative estimate of drug-likeness (QED) is 0.864. The molecule has 1 fully saturated rings. The average Bonchev–Trinajstić information content (AvgIpc) is 2.21. The van der Waals surface area contributed by atoms with Gasteiger partial charge in [-0.1, -0.05) is 18.2 Å². The fraction of sp³-hybridized carbons (Fsp3) is 0.600. The van der Waals surface area contributed by atoms with Crippen molar-refractivity contribution in [2.24, 2.45) is 11.7 Å². The summed E-state index contributed by atoms with van der Waals surface area (Å²) in [6.45, 7) is 6.65. The van der Waals surface area contributed by atoms with E-state index in [1.165, 1.54) is 36.1 Å². The maximum absolute atomic E-state index is 5.83. The molecule has 0 spiro atoms. The fourth-order valence-corrected chi connectivity index (χ4v) is 2.81. The lowest BCUT2D eigenvalue weighted by Gasteiger charge is -2.35. The van der Waals surface area contributed by atoms with Gasteiger partial charge in [0, 0.05) is 19.1 Å². The third kappa shape index (κ3) is 3.08. The minimum absolute atomic E-state index is 0.466. The number of aryl methyl sites for hydroxylation is 2. The van der Waals surface area contributed by atoms with Crippen LogP contribution in [0.5, 0.6) is 0 Å². The van der Waals surface area contributed by atoms with E-state index >= 15 is 0 Å². The Kier molecular flexibility index (Phi) is 3.85. The Morgan fingerprint density at radius 2 is 1.82 bits per heavy atom. The number of nitrogens with zero attached hydrogens (tertiary/aromatic N) is 1. The number of hydrogen-bond donors (Lipinski definition) is 1. The molecule has 0 saturated heterocycles. The standard InChI is InChI=1S/C15H24N2/c1-11-5-4-6-12(2)15(11)10-17(3)9-13-7-14(16)8-13/h4-6,13-14H,7-10,16H2,1-3H3. The van der Waals surface area contributed by atoms with Crippen molar-refractivity contribution < 1.29 is 0 Å². The molecule has 1 aromatic carbocycles. The van der Waals surface area contributed by atoms with E-state index in [1.807, 2.05) is 0 Å². The summed E-state index contributed by atoms with van der Waals surface area (Å²) in [5, 5.41) is 0. The summed E-state index contributed by atoms with van der Waals surface area (Å²) in [4.78, 5) is 2.44. The number of benzene rings is 1. The molecule has 0 amide bonds. The minimum atomic E-state index is 0.466. The van der Waals surface area contributed by atoms with Crippen LogP contribution in [0.15, 0.2) is 18.2 Å². The molecule has 1 aromatic rings. The van der Waals surface area contributed by atoms with Gasteiger partial charge in [0.1, 0.15) is 0 Å². The molecule has 0 aromatic heterocycles. The lowest BCUT2D eigenvalue weighted by molar-refractivity contribution is 0.178. The summed E-state index contributed by atoms with van der Waals surface area (Å²) in [5.74, 6) is 0.819. The zero-order valence-electron chi connectivity index (χ0n) is 11.2. The second-order valence-electron chi connectivity index (χ2n) is 5.66. The third-order valence-electron chi connectivity index (χ3n) is 3.91. The molecule has 1 saturated carbocycles. The fourth-order valence-electron chi connectivity index (χ4n) is 2.81. The molecule has 94 valence electrons. The first-order valence-electron chi connectivity index (χ1n) is 6.55. The van der Waals surface area contributed by atoms with Crippen molar-refractivity contribution in [2.45, 2.75) is 39.3 Å². The second-order valence-corrected chi connectivity index (χ2v) is 5.66. The van der Waals surface area contributed by atoms with Gasteiger partial charge in [0.15, 0.2) is 0 Å². The smallest absolute Gasteiger partial charge is 0.0236 e. The first-order valence-corrected chi connectivity index (χ1v) is 6.55. The first kappa shape index (κ1) is 12.6. The van der Waals surface area contributed by atoms with E-state index in [0.717, 1.165) is 12.5 Å². The van der Waals surface area contributed by atoms with Gasteiger partial charge in [-0.3, -0.25) is 0 Å². The van der Waals surface area contributed by atoms with Gasteiger partial charge in [-0.25, -0.2) is 0 Å². The van der Waals surface area contributed by atoms with E-state index in [-0.39, 0.29) is 0 Å². The molecule has 0 bridgehead atoms. The topological polar surface area (TPSA) is 29.3 Å². The van der Waals surface area contributed by atoms with Gasteiger partial charge < -0.3 is 10.6 Å². The van der Waals surface area contributed by atoms with E-state index in [1.54, 1.807) is 0 Å². The maximum atomic E-state index is 5.83. The Morgan fingerprint density at radius 3 is 2.35 bits per heavy atom. The highest BCUT2D eigenvalue weighted by Crippen LogP contribution is 2.26. The van der Waals surface area contributed by atoms with Gasteiger partial charge in [0.05, 0.1) is 0 Å². The van der Waals surface area contributed by atoms with Gasteiger partial charge in [-0.2, -0.15) is 0 Å². The summed E-state index contributed by atoms with van der Waals surface area (Å²) in [5.41, 5.74) is 10.1. The summed E-state index contributed by atoms with van der Waals surface area (Å²) in [7, 11) is 2.22. The number of rotatable bonds is 4. The molecule has 17 heavy (non-hydrogen) atoms. The Morgan fingerprint density at radius 1 is 1.24 bits per heavy atom. The van der Waals surface area contributed by atoms with Crippen LogP contribution in [0.4, 0.5) is 0 Å². The van der Waals surface area contributed by atoms with E-state index in [4.69, 9.17) is 5.73 Å². The molecule has 0 aliphatic heterocycles. The molecule has 0 heterocycles. The molecule has 0 radical (unpaired) electrons. The van der Waals surface area contributed by atoms with Crippen molar-refractivity contribution in [3.63, 3.8) is 0 Å². The average molecular weight is 232 g/mol. The van der Waals surface area contributed by atoms with Crippen LogP contribution in [0.25, 0.3) is 0 Å². The van der Waals surface area contributed by atoms with E-state index in [0.29, 0.717) is 6.04 Å². The highest BCUT2D eigenvalue weighted by molar-refractivity contribution is 5.33. The Hall–Kier alpha value is -0.860. The van der Waals surface area contributed by atoms with Gasteiger partial charge >= 0.3 is 0 Å². The molecule has 2 nitrogen and oxygen atoms in total. The van der Waals surface area contributed by atoms with E-state index in [9.17, 15) is 0 Å². The Labute approximate surface area is 105 Å². The summed E-state index contributed by atoms with van der Waals surface area (Å²) in [6.07, 6.45) is 2.41. The largest absolute Gasteiger partial charge is 0.328 e. The van der Waals surface area contributed by atoms with Crippen molar-refractivity contribution in [3.05, 3.63) is 34.9 Å². The molecular weight excluding hydrogens is 208 g/mol. The predicted octanol–water partition coefficient (Wildman–Crippen LogP) is 2.47. The van der Waals surface area contributed by atoms with Crippen molar-refractivity contribution in [1.29, 1.82) is 0 Å². The zero-order valence-corrected chi connectivity index (χ0v) is 11.2. The molecular formula is C15H24N2. The van der Waals surface area contributed by atoms with Crippen LogP contribution in [0.1, 0.15) is 29.5 Å². The van der Waals surface area contributed by atoms with Crippen molar-refractivity contribution in [1.82, 2.24) is 4.90 Å². The monoisotopic (exact) mass is 232 g/mol. The molecule has 0 atom stereocenters. The molecule has 2 heteroatoms. The third-order valence-corrected chi connectivity index (χ3v) is 3.91. The van der Waals surface area contributed by atoms with E-state index < -0.39 is 0 Å². The van der Waals surface area contributed by atoms with Gasteiger partial charge in [-0.05, 0) is 56.3 Å². The summed E-state index contributed by atoms with van der Waals surface area (Å²) >= 11 is 0. The van der Waals surface area contributed by atoms with Crippen LogP contribution < -0.4 is 5.73 Å². The first-order chi connectivity index (χ1) is 8.06. The summed E-state index contributed by atoms with van der Waals surface area (Å²) < 4.78 is 0. The lowest BCUT2D eigenvalue weighted by Crippen LogP contribution is -2.41. The number of nitrogens with two attached hydrogens (primary N) is 1. The maximum Gasteiger partial charge on any atom is 0.0236 e. The number of hydrogen-bond acceptors (Lipinski definition) is 2. The SMILES string of the molecule is Cc1cccc(C)c1CN(C)CC1CC(N)C1. The van der Waals surface area contributed by atoms with Gasteiger partial charge in [0.2, 0.25) is 0 Å². The van der Waals surface area contributed by atoms with Crippen LogP contribution in [-0.2, 0) is 6.54 Å². The minimum Gasteiger partial charge on any atom is -0.328 e. The molecule has 1 aliphatic rings. The lowest BCUT2D eigenvalue weighted by atomic mass is 9.80. The Bertz CT molecular complexity index is 360.